The van der Waals surface area contributed by atoms with E-state index in [9.17, 15) is 4.79 Å². The largest absolute Gasteiger partial charge is 0.497 e. The summed E-state index contributed by atoms with van der Waals surface area (Å²) in [6.45, 7) is 7.46. The number of rotatable bonds is 8. The molecule has 3 aromatic rings. The smallest absolute Gasteiger partial charge is 0.324 e. The van der Waals surface area contributed by atoms with Gasteiger partial charge in [0, 0.05) is 44.2 Å². The van der Waals surface area contributed by atoms with Gasteiger partial charge in [0.15, 0.2) is 0 Å². The molecule has 2 saturated heterocycles. The van der Waals surface area contributed by atoms with Gasteiger partial charge in [0.2, 0.25) is 11.7 Å². The van der Waals surface area contributed by atoms with Crippen molar-refractivity contribution in [3.05, 3.63) is 59.7 Å². The molecule has 0 spiro atoms. The van der Waals surface area contributed by atoms with E-state index in [2.05, 4.69) is 56.4 Å². The normalized spacial score (nSPS) is 18.9. The third-order valence-corrected chi connectivity index (χ3v) is 7.36. The molecule has 3 heterocycles. The second-order valence-corrected chi connectivity index (χ2v) is 10.0. The van der Waals surface area contributed by atoms with E-state index < -0.39 is 0 Å². The Bertz CT molecular complexity index is 1140. The fourth-order valence-corrected chi connectivity index (χ4v) is 5.10. The lowest BCUT2D eigenvalue weighted by Gasteiger charge is -2.30. The van der Waals surface area contributed by atoms with Crippen LogP contribution in [0.5, 0.6) is 5.75 Å². The van der Waals surface area contributed by atoms with Gasteiger partial charge in [-0.3, -0.25) is 9.69 Å². The average Bonchev–Trinajstić information content (AvgIpc) is 3.59. The molecule has 2 aliphatic heterocycles. The van der Waals surface area contributed by atoms with Crippen LogP contribution < -0.4 is 15.0 Å². The summed E-state index contributed by atoms with van der Waals surface area (Å²) in [6.07, 6.45) is 2.71. The number of methoxy groups -OCH3 is 1. The Morgan fingerprint density at radius 1 is 1.06 bits per heavy atom. The molecule has 0 bridgehead atoms. The summed E-state index contributed by atoms with van der Waals surface area (Å²) in [6, 6.07) is 16.9. The Morgan fingerprint density at radius 2 is 1.81 bits per heavy atom. The minimum atomic E-state index is 0.0373. The van der Waals surface area contributed by atoms with E-state index in [4.69, 9.17) is 9.26 Å². The SMILES string of the molecule is COc1ccc(-c2noc(N3CCC(C(=O)NC[C@@H]4CCN(Cc5ccc(C)cc5)C4)CC3)n2)cc1. The van der Waals surface area contributed by atoms with Gasteiger partial charge in [-0.1, -0.05) is 35.0 Å². The third kappa shape index (κ3) is 5.87. The van der Waals surface area contributed by atoms with E-state index in [1.807, 2.05) is 24.3 Å². The number of aromatic nitrogens is 2. The maximum Gasteiger partial charge on any atom is 0.324 e. The number of hydrogen-bond donors (Lipinski definition) is 1. The fourth-order valence-electron chi connectivity index (χ4n) is 5.10. The van der Waals surface area contributed by atoms with Gasteiger partial charge in [-0.25, -0.2) is 0 Å². The maximum atomic E-state index is 12.8. The van der Waals surface area contributed by atoms with Crippen molar-refractivity contribution in [3.63, 3.8) is 0 Å². The molecular weight excluding hydrogens is 454 g/mol. The van der Waals surface area contributed by atoms with Gasteiger partial charge in [0.05, 0.1) is 7.11 Å². The number of likely N-dealkylation sites (tertiary alicyclic amines) is 1. The first-order valence-corrected chi connectivity index (χ1v) is 12.9. The lowest BCUT2D eigenvalue weighted by molar-refractivity contribution is -0.125. The van der Waals surface area contributed by atoms with Crippen LogP contribution in [0.3, 0.4) is 0 Å². The molecule has 190 valence electrons. The van der Waals surface area contributed by atoms with Crippen LogP contribution in [0.2, 0.25) is 0 Å². The van der Waals surface area contributed by atoms with Crippen molar-refractivity contribution in [2.45, 2.75) is 32.7 Å². The maximum absolute atomic E-state index is 12.8. The minimum absolute atomic E-state index is 0.0373. The molecule has 1 atom stereocenters. The molecule has 8 heteroatoms. The highest BCUT2D eigenvalue weighted by Gasteiger charge is 2.29. The Hall–Kier alpha value is -3.39. The van der Waals surface area contributed by atoms with Crippen LogP contribution in [0.4, 0.5) is 6.01 Å². The zero-order valence-corrected chi connectivity index (χ0v) is 21.2. The van der Waals surface area contributed by atoms with Gasteiger partial charge in [0.25, 0.3) is 0 Å². The molecular formula is C28H35N5O3. The van der Waals surface area contributed by atoms with Crippen LogP contribution in [0, 0.1) is 18.8 Å². The van der Waals surface area contributed by atoms with Crippen LogP contribution in [0.25, 0.3) is 11.4 Å². The van der Waals surface area contributed by atoms with Crippen molar-refractivity contribution in [2.24, 2.45) is 11.8 Å². The highest BCUT2D eigenvalue weighted by molar-refractivity contribution is 5.79. The topological polar surface area (TPSA) is 83.7 Å². The number of hydrogen-bond acceptors (Lipinski definition) is 7. The summed E-state index contributed by atoms with van der Waals surface area (Å²) < 4.78 is 10.7. The van der Waals surface area contributed by atoms with Gasteiger partial charge in [-0.15, -0.1) is 0 Å². The molecule has 8 nitrogen and oxygen atoms in total. The zero-order chi connectivity index (χ0) is 24.9. The predicted molar refractivity (Wildman–Crippen MR) is 139 cm³/mol. The van der Waals surface area contributed by atoms with Crippen LogP contribution >= 0.6 is 0 Å². The van der Waals surface area contributed by atoms with Crippen molar-refractivity contribution in [3.8, 4) is 17.1 Å². The number of benzene rings is 2. The number of nitrogens with one attached hydrogen (secondary N) is 1. The number of carbonyl (C=O) groups excluding carboxylic acids is 1. The van der Waals surface area contributed by atoms with Crippen LogP contribution in [0.1, 0.15) is 30.4 Å². The second-order valence-electron chi connectivity index (χ2n) is 10.0. The predicted octanol–water partition coefficient (Wildman–Crippen LogP) is 3.91. The first kappa shape index (κ1) is 24.3. The molecule has 1 N–H and O–H groups in total. The first-order chi connectivity index (χ1) is 17.6. The summed E-state index contributed by atoms with van der Waals surface area (Å²) in [7, 11) is 1.64. The average molecular weight is 490 g/mol. The van der Waals surface area contributed by atoms with Gasteiger partial charge in [0.1, 0.15) is 5.75 Å². The summed E-state index contributed by atoms with van der Waals surface area (Å²) >= 11 is 0. The van der Waals surface area contributed by atoms with Crippen molar-refractivity contribution < 1.29 is 14.1 Å². The van der Waals surface area contributed by atoms with E-state index in [1.165, 1.54) is 11.1 Å². The molecule has 1 amide bonds. The van der Waals surface area contributed by atoms with Gasteiger partial charge < -0.3 is 19.5 Å². The molecule has 36 heavy (non-hydrogen) atoms. The number of anilines is 1. The molecule has 2 aliphatic rings. The molecule has 5 rings (SSSR count). The molecule has 2 fully saturated rings. The quantitative estimate of drug-likeness (QED) is 0.514. The van der Waals surface area contributed by atoms with E-state index in [-0.39, 0.29) is 11.8 Å². The standard InChI is InChI=1S/C28H35N5O3/c1-20-3-5-21(6-4-20)18-32-14-11-22(19-32)17-29-27(34)24-12-15-33(16-13-24)28-30-26(31-36-28)23-7-9-25(35-2)10-8-23/h3-10,22,24H,11-19H2,1-2H3,(H,29,34)/t22-/m0/s1. The van der Waals surface area contributed by atoms with Crippen LogP contribution in [-0.2, 0) is 11.3 Å². The monoisotopic (exact) mass is 489 g/mol. The first-order valence-electron chi connectivity index (χ1n) is 12.9. The Balaban J connectivity index is 1.04. The Labute approximate surface area is 212 Å². The van der Waals surface area contributed by atoms with Gasteiger partial charge in [-0.05, 0) is 68.5 Å². The molecule has 0 radical (unpaired) electrons. The highest BCUT2D eigenvalue weighted by atomic mass is 16.5. The summed E-state index contributed by atoms with van der Waals surface area (Å²) in [5, 5.41) is 7.36. The fraction of sp³-hybridized carbons (Fsp3) is 0.464. The summed E-state index contributed by atoms with van der Waals surface area (Å²) in [5.41, 5.74) is 3.53. The lowest BCUT2D eigenvalue weighted by Crippen LogP contribution is -2.42. The van der Waals surface area contributed by atoms with Crippen LogP contribution in [0.15, 0.2) is 53.1 Å². The van der Waals surface area contributed by atoms with Crippen LogP contribution in [-0.4, -0.2) is 60.8 Å². The highest BCUT2D eigenvalue weighted by Crippen LogP contribution is 2.26. The molecule has 0 saturated carbocycles. The molecule has 0 aliphatic carbocycles. The number of amides is 1. The van der Waals surface area contributed by atoms with Crippen molar-refractivity contribution in [1.82, 2.24) is 20.4 Å². The van der Waals surface area contributed by atoms with E-state index in [0.29, 0.717) is 17.8 Å². The van der Waals surface area contributed by atoms with E-state index in [1.54, 1.807) is 7.11 Å². The minimum Gasteiger partial charge on any atom is -0.497 e. The summed E-state index contributed by atoms with van der Waals surface area (Å²) in [5.74, 6) is 2.08. The lowest BCUT2D eigenvalue weighted by atomic mass is 9.96. The van der Waals surface area contributed by atoms with Crippen molar-refractivity contribution in [1.29, 1.82) is 0 Å². The number of carbonyl (C=O) groups is 1. The molecule has 2 aromatic carbocycles. The number of nitrogens with zero attached hydrogens (tertiary/aromatic N) is 4. The van der Waals surface area contributed by atoms with Crippen molar-refractivity contribution >= 4 is 11.9 Å². The van der Waals surface area contributed by atoms with Gasteiger partial charge >= 0.3 is 6.01 Å². The molecule has 0 unspecified atom stereocenters. The summed E-state index contributed by atoms with van der Waals surface area (Å²) in [4.78, 5) is 22.0. The third-order valence-electron chi connectivity index (χ3n) is 7.36. The number of piperidine rings is 1. The second kappa shape index (κ2) is 11.1. The number of ether oxygens (including phenoxy) is 1. The Morgan fingerprint density at radius 3 is 2.53 bits per heavy atom. The number of aryl methyl sites for hydroxylation is 1. The van der Waals surface area contributed by atoms with E-state index >= 15 is 0 Å². The molecule has 1 aromatic heterocycles. The Kier molecular flexibility index (Phi) is 7.51. The van der Waals surface area contributed by atoms with E-state index in [0.717, 1.165) is 69.8 Å². The van der Waals surface area contributed by atoms with Gasteiger partial charge in [-0.2, -0.15) is 4.98 Å². The van der Waals surface area contributed by atoms with Crippen molar-refractivity contribution in [2.75, 3.05) is 44.7 Å². The zero-order valence-electron chi connectivity index (χ0n) is 21.2.